The number of primary amides is 1. The molecule has 4 rings (SSSR count). The second-order valence-electron chi connectivity index (χ2n) is 9.30. The fraction of sp³-hybridized carbons (Fsp3) is 0.370. The molecule has 1 amide bonds. The van der Waals surface area contributed by atoms with Crippen molar-refractivity contribution in [1.82, 2.24) is 10.3 Å². The quantitative estimate of drug-likeness (QED) is 0.198. The van der Waals surface area contributed by atoms with Gasteiger partial charge in [-0.05, 0) is 54.7 Å². The highest BCUT2D eigenvalue weighted by molar-refractivity contribution is 5.98. The van der Waals surface area contributed by atoms with Crippen LogP contribution in [0.4, 0.5) is 13.2 Å². The van der Waals surface area contributed by atoms with Crippen LogP contribution in [0, 0.1) is 0 Å². The Bertz CT molecular complexity index is 1380. The van der Waals surface area contributed by atoms with E-state index in [9.17, 15) is 27.9 Å². The Morgan fingerprint density at radius 2 is 1.90 bits per heavy atom. The summed E-state index contributed by atoms with van der Waals surface area (Å²) in [6, 6.07) is 12.9. The second-order valence-corrected chi connectivity index (χ2v) is 9.30. The van der Waals surface area contributed by atoms with Gasteiger partial charge in [0.05, 0.1) is 0 Å². The summed E-state index contributed by atoms with van der Waals surface area (Å²) in [5.74, 6) is -2.71. The van der Waals surface area contributed by atoms with Crippen molar-refractivity contribution in [3.63, 3.8) is 0 Å². The van der Waals surface area contributed by atoms with Crippen molar-refractivity contribution in [1.29, 1.82) is 0 Å². The van der Waals surface area contributed by atoms with Gasteiger partial charge in [-0.25, -0.2) is 4.79 Å². The van der Waals surface area contributed by atoms with Gasteiger partial charge in [-0.2, -0.15) is 13.2 Å². The van der Waals surface area contributed by atoms with Crippen LogP contribution in [0.1, 0.15) is 34.5 Å². The zero-order valence-electron chi connectivity index (χ0n) is 21.7. The number of aromatic amines is 1. The van der Waals surface area contributed by atoms with Crippen molar-refractivity contribution in [3.05, 3.63) is 59.3 Å². The normalized spacial score (nSPS) is 15.2. The van der Waals surface area contributed by atoms with E-state index in [0.29, 0.717) is 31.0 Å². The number of H-pyrrole nitrogens is 1. The number of nitrogens with two attached hydrogens (primary N) is 1. The summed E-state index contributed by atoms with van der Waals surface area (Å²) in [5.41, 5.74) is 8.48. The predicted molar refractivity (Wildman–Crippen MR) is 140 cm³/mol. The molecule has 0 spiro atoms. The molecule has 1 aliphatic heterocycles. The van der Waals surface area contributed by atoms with Crippen molar-refractivity contribution in [2.45, 2.75) is 44.1 Å². The summed E-state index contributed by atoms with van der Waals surface area (Å²) in [7, 11) is 0. The third-order valence-corrected chi connectivity index (χ3v) is 6.10. The molecular weight excluding hydrogens is 551 g/mol. The van der Waals surface area contributed by atoms with Crippen LogP contribution < -0.4 is 20.5 Å². The van der Waals surface area contributed by atoms with Crippen LogP contribution in [0.3, 0.4) is 0 Å². The molecular formula is C27H30F3N3O8. The number of carbonyl (C=O) groups is 3. The monoisotopic (exact) mass is 581 g/mol. The summed E-state index contributed by atoms with van der Waals surface area (Å²) in [6.07, 6.45) is -3.48. The van der Waals surface area contributed by atoms with Crippen LogP contribution in [0.5, 0.6) is 11.5 Å². The van der Waals surface area contributed by atoms with Crippen LogP contribution in [-0.2, 0) is 22.4 Å². The number of aromatic nitrogens is 1. The molecule has 0 saturated carbocycles. The maximum Gasteiger partial charge on any atom is 0.490 e. The van der Waals surface area contributed by atoms with Crippen LogP contribution >= 0.6 is 0 Å². The van der Waals surface area contributed by atoms with Gasteiger partial charge in [0, 0.05) is 30.4 Å². The van der Waals surface area contributed by atoms with E-state index >= 15 is 0 Å². The fourth-order valence-corrected chi connectivity index (χ4v) is 4.09. The molecule has 1 aromatic heterocycles. The average Bonchev–Trinajstić information content (AvgIpc) is 3.36. The molecule has 0 bridgehead atoms. The molecule has 7 N–H and O–H groups in total. The highest BCUT2D eigenvalue weighted by Crippen LogP contribution is 2.29. The molecule has 222 valence electrons. The first kappa shape index (κ1) is 31.2. The Labute approximate surface area is 232 Å². The van der Waals surface area contributed by atoms with E-state index in [-0.39, 0.29) is 19.1 Å². The Morgan fingerprint density at radius 1 is 1.17 bits per heavy atom. The number of hydrogen-bond acceptors (Lipinski definition) is 7. The Kier molecular flexibility index (Phi) is 10.6. The number of aryl methyl sites for hydroxylation is 2. The van der Waals surface area contributed by atoms with Gasteiger partial charge in [0.25, 0.3) is 5.91 Å². The van der Waals surface area contributed by atoms with Gasteiger partial charge in [0.1, 0.15) is 36.0 Å². The molecule has 1 unspecified atom stereocenters. The van der Waals surface area contributed by atoms with Crippen LogP contribution in [0.25, 0.3) is 10.9 Å². The third kappa shape index (κ3) is 9.39. The third-order valence-electron chi connectivity index (χ3n) is 6.10. The number of nitrogens with one attached hydrogen (secondary N) is 2. The van der Waals surface area contributed by atoms with E-state index < -0.39 is 30.1 Å². The SMILES string of the molecule is NC(=O)c1cc2c(OCC(O)CNC[C@H]3CCc4cc(CCC(=O)O)ccc4O3)cccc2[nH]1.O=C(O)C(F)(F)F. The molecule has 0 radical (unpaired) electrons. The number of carboxylic acid groups (broad SMARTS) is 2. The summed E-state index contributed by atoms with van der Waals surface area (Å²) in [6.45, 7) is 1.03. The number of halogens is 3. The lowest BCUT2D eigenvalue weighted by Crippen LogP contribution is -2.39. The molecule has 2 atom stereocenters. The molecule has 41 heavy (non-hydrogen) atoms. The molecule has 0 saturated heterocycles. The number of fused-ring (bicyclic) bond motifs is 2. The van der Waals surface area contributed by atoms with Crippen molar-refractivity contribution in [2.24, 2.45) is 5.73 Å². The first-order valence-corrected chi connectivity index (χ1v) is 12.6. The Morgan fingerprint density at radius 3 is 2.56 bits per heavy atom. The summed E-state index contributed by atoms with van der Waals surface area (Å²) in [5, 5.41) is 30.3. The first-order valence-electron chi connectivity index (χ1n) is 12.6. The highest BCUT2D eigenvalue weighted by atomic mass is 19.4. The minimum atomic E-state index is -5.08. The van der Waals surface area contributed by atoms with Gasteiger partial charge in [-0.15, -0.1) is 0 Å². The summed E-state index contributed by atoms with van der Waals surface area (Å²) < 4.78 is 43.6. The van der Waals surface area contributed by atoms with Crippen LogP contribution in [0.15, 0.2) is 42.5 Å². The minimum absolute atomic E-state index is 0.00804. The van der Waals surface area contributed by atoms with Gasteiger partial charge in [0.2, 0.25) is 0 Å². The minimum Gasteiger partial charge on any atom is -0.490 e. The topological polar surface area (TPSA) is 184 Å². The number of carbonyl (C=O) groups excluding carboxylic acids is 1. The van der Waals surface area contributed by atoms with Gasteiger partial charge in [0.15, 0.2) is 0 Å². The number of alkyl halides is 3. The van der Waals surface area contributed by atoms with Gasteiger partial charge in [-0.3, -0.25) is 9.59 Å². The number of rotatable bonds is 11. The van der Waals surface area contributed by atoms with Crippen molar-refractivity contribution in [3.8, 4) is 11.5 Å². The van der Waals surface area contributed by atoms with Gasteiger partial charge < -0.3 is 40.8 Å². The summed E-state index contributed by atoms with van der Waals surface area (Å²) in [4.78, 5) is 34.0. The number of hydrogen-bond donors (Lipinski definition) is 6. The van der Waals surface area contributed by atoms with Crippen LogP contribution in [-0.4, -0.2) is 76.2 Å². The number of amides is 1. The number of aliphatic hydroxyl groups excluding tert-OH is 1. The maximum absolute atomic E-state index is 11.4. The van der Waals surface area contributed by atoms with Crippen LogP contribution in [0.2, 0.25) is 0 Å². The molecule has 1 aliphatic rings. The number of aliphatic carboxylic acids is 2. The van der Waals surface area contributed by atoms with Crippen molar-refractivity contribution < 1.29 is 52.3 Å². The molecule has 0 fully saturated rings. The molecule has 11 nitrogen and oxygen atoms in total. The first-order chi connectivity index (χ1) is 19.3. The van der Waals surface area contributed by atoms with Gasteiger partial charge in [-0.1, -0.05) is 18.2 Å². The molecule has 14 heteroatoms. The highest BCUT2D eigenvalue weighted by Gasteiger charge is 2.38. The lowest BCUT2D eigenvalue weighted by Gasteiger charge is -2.27. The lowest BCUT2D eigenvalue weighted by atomic mass is 9.98. The van der Waals surface area contributed by atoms with Crippen molar-refractivity contribution in [2.75, 3.05) is 19.7 Å². The number of benzene rings is 2. The van der Waals surface area contributed by atoms with E-state index in [1.807, 2.05) is 24.3 Å². The van der Waals surface area contributed by atoms with E-state index in [1.54, 1.807) is 18.2 Å². The van der Waals surface area contributed by atoms with Crippen molar-refractivity contribution >= 4 is 28.7 Å². The second kappa shape index (κ2) is 13.9. The average molecular weight is 582 g/mol. The lowest BCUT2D eigenvalue weighted by molar-refractivity contribution is -0.192. The largest absolute Gasteiger partial charge is 0.490 e. The zero-order chi connectivity index (χ0) is 30.2. The Balaban J connectivity index is 0.000000587. The number of ether oxygens (including phenoxy) is 2. The molecule has 2 heterocycles. The maximum atomic E-state index is 11.4. The summed E-state index contributed by atoms with van der Waals surface area (Å²) >= 11 is 0. The fourth-order valence-electron chi connectivity index (χ4n) is 4.09. The van der Waals surface area contributed by atoms with E-state index in [0.717, 1.165) is 40.6 Å². The molecule has 3 aromatic rings. The standard InChI is InChI=1S/C25H29N3O6.C2HF3O2/c26-25(32)21-11-19-20(28-21)2-1-3-23(19)33-14-17(29)12-27-13-18-7-6-16-10-15(5-9-24(30)31)4-8-22(16)34-18;3-2(4,5)1(6)7/h1-4,8,10-11,17-18,27-29H,5-7,9,12-14H2,(H2,26,32)(H,30,31);(H,6,7)/t17?,18-;/m1./s1. The number of aliphatic hydroxyl groups is 1. The van der Waals surface area contributed by atoms with E-state index in [4.69, 9.17) is 30.2 Å². The van der Waals surface area contributed by atoms with E-state index in [2.05, 4.69) is 10.3 Å². The number of carboxylic acids is 2. The predicted octanol–water partition coefficient (Wildman–Crippen LogP) is 2.64. The smallest absolute Gasteiger partial charge is 0.490 e. The Hall–Kier alpha value is -4.30. The molecule has 0 aliphatic carbocycles. The zero-order valence-corrected chi connectivity index (χ0v) is 21.7. The van der Waals surface area contributed by atoms with E-state index in [1.165, 1.54) is 0 Å². The molecule has 2 aromatic carbocycles. The van der Waals surface area contributed by atoms with Gasteiger partial charge >= 0.3 is 18.1 Å².